The van der Waals surface area contributed by atoms with E-state index in [1.54, 1.807) is 17.4 Å². The van der Waals surface area contributed by atoms with Crippen LogP contribution in [0.3, 0.4) is 0 Å². The smallest absolute Gasteiger partial charge is 0.254 e. The summed E-state index contributed by atoms with van der Waals surface area (Å²) in [5.74, 6) is -0.136. The van der Waals surface area contributed by atoms with Gasteiger partial charge in [-0.05, 0) is 66.3 Å². The van der Waals surface area contributed by atoms with Gasteiger partial charge in [-0.25, -0.2) is 8.42 Å². The fourth-order valence-electron chi connectivity index (χ4n) is 3.75. The van der Waals surface area contributed by atoms with Crippen LogP contribution in [0.25, 0.3) is 0 Å². The fraction of sp³-hybridized carbons (Fsp3) is 0.476. The minimum Gasteiger partial charge on any atom is -0.331 e. The molecule has 1 saturated heterocycles. The number of hydrogen-bond acceptors (Lipinski definition) is 4. The molecule has 1 amide bonds. The van der Waals surface area contributed by atoms with Crippen LogP contribution in [0.2, 0.25) is 5.02 Å². The Balaban J connectivity index is 1.62. The standard InChI is InChI=1S/C21H25ClN2O3S2/c22-19-8-5-17(13-20(19)29(26,27)23-10-3-1-2-4-11-23)21(25)24(18-6-7-18)14-16-9-12-28-15-16/h5,8-9,12-13,15,18H,1-4,6-7,10-11,14H2. The minimum absolute atomic E-state index is 0.0400. The van der Waals surface area contributed by atoms with Crippen LogP contribution in [0.4, 0.5) is 0 Å². The van der Waals surface area contributed by atoms with Crippen molar-refractivity contribution in [3.8, 4) is 0 Å². The highest BCUT2D eigenvalue weighted by Crippen LogP contribution is 2.32. The number of carbonyl (C=O) groups is 1. The maximum Gasteiger partial charge on any atom is 0.254 e. The Bertz CT molecular complexity index is 964. The number of halogens is 1. The first kappa shape index (κ1) is 20.8. The van der Waals surface area contributed by atoms with E-state index in [0.717, 1.165) is 44.1 Å². The molecule has 0 unspecified atom stereocenters. The fourth-order valence-corrected chi connectivity index (χ4v) is 6.43. The average Bonchev–Trinajstić information content (AvgIpc) is 3.48. The third-order valence-electron chi connectivity index (χ3n) is 5.54. The largest absolute Gasteiger partial charge is 0.331 e. The number of benzene rings is 1. The second-order valence-electron chi connectivity index (χ2n) is 7.76. The van der Waals surface area contributed by atoms with Gasteiger partial charge < -0.3 is 4.90 Å². The van der Waals surface area contributed by atoms with Crippen molar-refractivity contribution in [2.75, 3.05) is 13.1 Å². The van der Waals surface area contributed by atoms with E-state index < -0.39 is 10.0 Å². The first-order valence-electron chi connectivity index (χ1n) is 10.1. The van der Waals surface area contributed by atoms with Crippen molar-refractivity contribution in [1.82, 2.24) is 9.21 Å². The molecule has 1 saturated carbocycles. The molecular weight excluding hydrogens is 428 g/mol. The van der Waals surface area contributed by atoms with Crippen molar-refractivity contribution < 1.29 is 13.2 Å². The summed E-state index contributed by atoms with van der Waals surface area (Å²) in [5, 5.41) is 4.21. The van der Waals surface area contributed by atoms with Crippen LogP contribution in [0, 0.1) is 0 Å². The number of amides is 1. The molecule has 1 aliphatic carbocycles. The van der Waals surface area contributed by atoms with Crippen LogP contribution in [-0.4, -0.2) is 42.7 Å². The zero-order valence-electron chi connectivity index (χ0n) is 16.2. The van der Waals surface area contributed by atoms with Gasteiger partial charge in [0.25, 0.3) is 5.91 Å². The molecule has 4 rings (SSSR count). The van der Waals surface area contributed by atoms with E-state index in [2.05, 4.69) is 0 Å². The SMILES string of the molecule is O=C(c1ccc(Cl)c(S(=O)(=O)N2CCCCCC2)c1)N(Cc1ccsc1)C1CC1. The topological polar surface area (TPSA) is 57.7 Å². The molecule has 156 valence electrons. The predicted molar refractivity (Wildman–Crippen MR) is 116 cm³/mol. The van der Waals surface area contributed by atoms with Crippen LogP contribution in [-0.2, 0) is 16.6 Å². The number of nitrogens with zero attached hydrogens (tertiary/aromatic N) is 2. The summed E-state index contributed by atoms with van der Waals surface area (Å²) in [7, 11) is -3.72. The Morgan fingerprint density at radius 1 is 1.14 bits per heavy atom. The van der Waals surface area contributed by atoms with E-state index in [9.17, 15) is 13.2 Å². The number of carbonyl (C=O) groups excluding carboxylic acids is 1. The second-order valence-corrected chi connectivity index (χ2v) is 10.9. The molecule has 2 aromatic rings. The third kappa shape index (κ3) is 4.68. The molecule has 0 bridgehead atoms. The molecule has 0 atom stereocenters. The third-order valence-corrected chi connectivity index (χ3v) is 8.65. The zero-order chi connectivity index (χ0) is 20.4. The molecule has 0 N–H and O–H groups in total. The Morgan fingerprint density at radius 3 is 2.48 bits per heavy atom. The van der Waals surface area contributed by atoms with Crippen LogP contribution in [0.15, 0.2) is 39.9 Å². The van der Waals surface area contributed by atoms with Gasteiger partial charge in [-0.3, -0.25) is 4.79 Å². The van der Waals surface area contributed by atoms with E-state index >= 15 is 0 Å². The summed E-state index contributed by atoms with van der Waals surface area (Å²) in [5.41, 5.74) is 1.48. The summed E-state index contributed by atoms with van der Waals surface area (Å²) in [6.45, 7) is 1.55. The lowest BCUT2D eigenvalue weighted by Gasteiger charge is -2.24. The number of hydrogen-bond donors (Lipinski definition) is 0. The summed E-state index contributed by atoms with van der Waals surface area (Å²) < 4.78 is 28.0. The maximum absolute atomic E-state index is 13.3. The highest BCUT2D eigenvalue weighted by Gasteiger charge is 2.34. The highest BCUT2D eigenvalue weighted by molar-refractivity contribution is 7.89. The van der Waals surface area contributed by atoms with Crippen molar-refractivity contribution in [3.63, 3.8) is 0 Å². The lowest BCUT2D eigenvalue weighted by Crippen LogP contribution is -2.34. The monoisotopic (exact) mass is 452 g/mol. The Kier molecular flexibility index (Phi) is 6.30. The lowest BCUT2D eigenvalue weighted by atomic mass is 10.2. The van der Waals surface area contributed by atoms with Crippen molar-refractivity contribution in [2.45, 2.75) is 56.0 Å². The van der Waals surface area contributed by atoms with Gasteiger partial charge in [0.1, 0.15) is 4.90 Å². The van der Waals surface area contributed by atoms with E-state index in [1.165, 1.54) is 16.4 Å². The first-order chi connectivity index (χ1) is 14.0. The van der Waals surface area contributed by atoms with Crippen molar-refractivity contribution >= 4 is 38.9 Å². The molecule has 2 aliphatic rings. The molecule has 0 radical (unpaired) electrons. The van der Waals surface area contributed by atoms with Crippen LogP contribution >= 0.6 is 22.9 Å². The molecule has 0 spiro atoms. The Morgan fingerprint density at radius 2 is 1.86 bits per heavy atom. The maximum atomic E-state index is 13.3. The molecule has 29 heavy (non-hydrogen) atoms. The van der Waals surface area contributed by atoms with Gasteiger partial charge >= 0.3 is 0 Å². The molecule has 1 aromatic carbocycles. The number of sulfonamides is 1. The quantitative estimate of drug-likeness (QED) is 0.634. The predicted octanol–water partition coefficient (Wildman–Crippen LogP) is 4.77. The van der Waals surface area contributed by atoms with Crippen LogP contribution < -0.4 is 0 Å². The van der Waals surface area contributed by atoms with Gasteiger partial charge in [0, 0.05) is 31.2 Å². The van der Waals surface area contributed by atoms with Crippen LogP contribution in [0.5, 0.6) is 0 Å². The van der Waals surface area contributed by atoms with E-state index in [1.807, 2.05) is 21.7 Å². The van der Waals surface area contributed by atoms with Gasteiger partial charge in [0.05, 0.1) is 5.02 Å². The summed E-state index contributed by atoms with van der Waals surface area (Å²) in [6, 6.07) is 6.88. The molecule has 1 aliphatic heterocycles. The van der Waals surface area contributed by atoms with Gasteiger partial charge in [0.2, 0.25) is 10.0 Å². The molecule has 2 heterocycles. The van der Waals surface area contributed by atoms with E-state index in [0.29, 0.717) is 25.2 Å². The van der Waals surface area contributed by atoms with Gasteiger partial charge in [-0.1, -0.05) is 24.4 Å². The normalized spacial score (nSPS) is 18.4. The average molecular weight is 453 g/mol. The number of thiophene rings is 1. The second kappa shape index (κ2) is 8.76. The lowest BCUT2D eigenvalue weighted by molar-refractivity contribution is 0.0730. The van der Waals surface area contributed by atoms with Gasteiger partial charge in [-0.15, -0.1) is 0 Å². The Hall–Kier alpha value is -1.41. The van der Waals surface area contributed by atoms with Crippen molar-refractivity contribution in [2.24, 2.45) is 0 Å². The summed E-state index contributed by atoms with van der Waals surface area (Å²) in [4.78, 5) is 15.1. The molecule has 8 heteroatoms. The van der Waals surface area contributed by atoms with Crippen LogP contribution in [0.1, 0.15) is 54.4 Å². The Labute approximate surface area is 181 Å². The molecule has 2 fully saturated rings. The molecule has 5 nitrogen and oxygen atoms in total. The number of rotatable bonds is 6. The van der Waals surface area contributed by atoms with Gasteiger partial charge in [-0.2, -0.15) is 15.6 Å². The molecule has 1 aromatic heterocycles. The highest BCUT2D eigenvalue weighted by atomic mass is 35.5. The molecular formula is C21H25ClN2O3S2. The minimum atomic E-state index is -3.72. The van der Waals surface area contributed by atoms with Crippen molar-refractivity contribution in [3.05, 3.63) is 51.2 Å². The van der Waals surface area contributed by atoms with E-state index in [-0.39, 0.29) is 21.9 Å². The summed E-state index contributed by atoms with van der Waals surface area (Å²) in [6.07, 6.45) is 5.76. The van der Waals surface area contributed by atoms with E-state index in [4.69, 9.17) is 11.6 Å². The van der Waals surface area contributed by atoms with Crippen molar-refractivity contribution in [1.29, 1.82) is 0 Å². The van der Waals surface area contributed by atoms with Gasteiger partial charge in [0.15, 0.2) is 0 Å². The summed E-state index contributed by atoms with van der Waals surface area (Å²) >= 11 is 7.89. The zero-order valence-corrected chi connectivity index (χ0v) is 18.6. The first-order valence-corrected chi connectivity index (χ1v) is 12.8.